The number of nitrogen functional groups attached to an aromatic ring is 1. The van der Waals surface area contributed by atoms with E-state index < -0.39 is 20.4 Å². The first-order valence-electron chi connectivity index (χ1n) is 13.9. The van der Waals surface area contributed by atoms with Crippen LogP contribution in [0.3, 0.4) is 0 Å². The maximum Gasteiger partial charge on any atom is 0.573 e. The number of nitrogens with zero attached hydrogens (tertiary/aromatic N) is 1. The van der Waals surface area contributed by atoms with E-state index in [2.05, 4.69) is 79.0 Å². The molecule has 5 nitrogen and oxygen atoms in total. The molecule has 0 bridgehead atoms. The molecular formula is C32H35F3N2O3SSi. The zero-order valence-corrected chi connectivity index (χ0v) is 25.8. The normalized spacial score (nSPS) is 22.5. The van der Waals surface area contributed by atoms with E-state index in [4.69, 9.17) is 10.2 Å². The first-order valence-corrected chi connectivity index (χ1v) is 17.1. The SMILES string of the molecule is CSC(=CC(=O)C1C2CC(O[Si](c3ccccc3)(c3ccccc3)C(C)(C)C)CC21)c1cnc(N)c(OC(F)(F)F)c1. The summed E-state index contributed by atoms with van der Waals surface area (Å²) < 4.78 is 49.7. The van der Waals surface area contributed by atoms with Crippen LogP contribution in [0.25, 0.3) is 4.91 Å². The van der Waals surface area contributed by atoms with E-state index in [1.165, 1.54) is 40.5 Å². The van der Waals surface area contributed by atoms with Crippen LogP contribution in [0.2, 0.25) is 5.04 Å². The van der Waals surface area contributed by atoms with Crippen molar-refractivity contribution in [1.82, 2.24) is 4.98 Å². The maximum atomic E-state index is 13.4. The Hall–Kier alpha value is -3.08. The molecule has 0 radical (unpaired) electrons. The second-order valence-corrected chi connectivity index (χ2v) is 17.1. The lowest BCUT2D eigenvalue weighted by atomic mass is 10.1. The highest BCUT2D eigenvalue weighted by Gasteiger charge is 2.61. The lowest BCUT2D eigenvalue weighted by molar-refractivity contribution is -0.274. The number of hydrogen-bond donors (Lipinski definition) is 1. The highest BCUT2D eigenvalue weighted by Crippen LogP contribution is 2.59. The predicted molar refractivity (Wildman–Crippen MR) is 164 cm³/mol. The first-order chi connectivity index (χ1) is 19.8. The molecule has 2 aliphatic rings. The Bertz CT molecular complexity index is 1410. The number of carbonyl (C=O) groups excluding carboxylic acids is 1. The van der Waals surface area contributed by atoms with Crippen LogP contribution in [0, 0.1) is 17.8 Å². The van der Waals surface area contributed by atoms with E-state index in [9.17, 15) is 18.0 Å². The molecule has 2 fully saturated rings. The molecule has 2 saturated carbocycles. The fraction of sp³-hybridized carbons (Fsp3) is 0.375. The molecule has 222 valence electrons. The standard InChI is InChI=1S/C32H35F3N2O3SSi/c1-31(2,3)42(22-11-7-5-8-12-22,23-13-9-6-10-14-23)40-21-16-24-25(17-21)29(24)26(38)18-28(41-4)20-15-27(30(36)37-19-20)39-32(33,34)35/h5-15,18-19,21,24-25,29H,16-17H2,1-4H3,(H2,36,37). The van der Waals surface area contributed by atoms with Gasteiger partial charge in [0, 0.05) is 28.7 Å². The molecule has 0 amide bonds. The molecule has 0 aliphatic heterocycles. The van der Waals surface area contributed by atoms with Crippen molar-refractivity contribution < 1.29 is 27.1 Å². The van der Waals surface area contributed by atoms with Gasteiger partial charge in [0.2, 0.25) is 0 Å². The van der Waals surface area contributed by atoms with Crippen LogP contribution in [0.4, 0.5) is 19.0 Å². The zero-order valence-electron chi connectivity index (χ0n) is 24.0. The van der Waals surface area contributed by atoms with Gasteiger partial charge in [0.1, 0.15) is 0 Å². The van der Waals surface area contributed by atoms with Crippen molar-refractivity contribution in [2.45, 2.75) is 51.1 Å². The van der Waals surface area contributed by atoms with Gasteiger partial charge in [-0.05, 0) is 58.5 Å². The topological polar surface area (TPSA) is 74.4 Å². The van der Waals surface area contributed by atoms with E-state index >= 15 is 0 Å². The van der Waals surface area contributed by atoms with E-state index in [0.29, 0.717) is 10.5 Å². The van der Waals surface area contributed by atoms with Gasteiger partial charge in [-0.25, -0.2) is 4.98 Å². The number of ether oxygens (including phenoxy) is 1. The fourth-order valence-electron chi connectivity index (χ4n) is 6.53. The number of aromatic nitrogens is 1. The maximum absolute atomic E-state index is 13.4. The van der Waals surface area contributed by atoms with Crippen molar-refractivity contribution in [2.75, 3.05) is 12.0 Å². The minimum absolute atomic E-state index is 0.0200. The average molecular weight is 613 g/mol. The number of carbonyl (C=O) groups is 1. The van der Waals surface area contributed by atoms with E-state index in [0.717, 1.165) is 12.8 Å². The molecule has 1 heterocycles. The number of hydrogen-bond acceptors (Lipinski definition) is 6. The number of alkyl halides is 3. The predicted octanol–water partition coefficient (Wildman–Crippen LogP) is 6.44. The summed E-state index contributed by atoms with van der Waals surface area (Å²) in [5.41, 5.74) is 5.93. The molecule has 3 aromatic rings. The van der Waals surface area contributed by atoms with Crippen molar-refractivity contribution in [3.63, 3.8) is 0 Å². The molecular weight excluding hydrogens is 578 g/mol. The van der Waals surface area contributed by atoms with Gasteiger partial charge < -0.3 is 14.9 Å². The third-order valence-corrected chi connectivity index (χ3v) is 14.3. The Labute approximate surface area is 249 Å². The fourth-order valence-corrected chi connectivity index (χ4v) is 11.8. The minimum Gasteiger partial charge on any atom is -0.404 e. The van der Waals surface area contributed by atoms with E-state index in [-0.39, 0.29) is 40.5 Å². The van der Waals surface area contributed by atoms with Gasteiger partial charge in [-0.2, -0.15) is 0 Å². The van der Waals surface area contributed by atoms with Gasteiger partial charge in [0.25, 0.3) is 8.32 Å². The van der Waals surface area contributed by atoms with E-state index in [1.807, 2.05) is 12.1 Å². The second kappa shape index (κ2) is 11.5. The van der Waals surface area contributed by atoms with Gasteiger partial charge in [-0.1, -0.05) is 81.4 Å². The van der Waals surface area contributed by atoms with Gasteiger partial charge in [-0.3, -0.25) is 4.79 Å². The quantitative estimate of drug-likeness (QED) is 0.222. The van der Waals surface area contributed by atoms with E-state index in [1.54, 1.807) is 6.26 Å². The number of benzene rings is 2. The summed E-state index contributed by atoms with van der Waals surface area (Å²) >= 11 is 1.27. The zero-order chi connectivity index (χ0) is 30.3. The lowest BCUT2D eigenvalue weighted by Gasteiger charge is -2.45. The Kier molecular flexibility index (Phi) is 8.35. The third-order valence-electron chi connectivity index (χ3n) is 8.38. The number of halogens is 3. The summed E-state index contributed by atoms with van der Waals surface area (Å²) in [4.78, 5) is 17.7. The number of thioether (sulfide) groups is 1. The summed E-state index contributed by atoms with van der Waals surface area (Å²) in [6.07, 6.45) is 1.41. The van der Waals surface area contributed by atoms with Crippen molar-refractivity contribution in [2.24, 2.45) is 17.8 Å². The second-order valence-electron chi connectivity index (χ2n) is 12.0. The van der Waals surface area contributed by atoms with Gasteiger partial charge in [0.15, 0.2) is 17.4 Å². The number of ketones is 1. The van der Waals surface area contributed by atoms with Crippen molar-refractivity contribution in [3.8, 4) is 5.75 Å². The number of pyridine rings is 1. The molecule has 2 unspecified atom stereocenters. The number of allylic oxidation sites excluding steroid dienone is 1. The molecule has 2 atom stereocenters. The summed E-state index contributed by atoms with van der Waals surface area (Å²) in [6, 6.07) is 22.2. The largest absolute Gasteiger partial charge is 0.573 e. The molecule has 5 rings (SSSR count). The number of anilines is 1. The number of nitrogens with two attached hydrogens (primary N) is 1. The first kappa shape index (κ1) is 30.4. The van der Waals surface area contributed by atoms with Crippen LogP contribution >= 0.6 is 11.8 Å². The number of rotatable bonds is 9. The molecule has 10 heteroatoms. The van der Waals surface area contributed by atoms with Crippen LogP contribution in [0.5, 0.6) is 5.75 Å². The number of fused-ring (bicyclic) bond motifs is 1. The summed E-state index contributed by atoms with van der Waals surface area (Å²) in [5.74, 6) is -0.625. The Balaban J connectivity index is 1.34. The van der Waals surface area contributed by atoms with Crippen molar-refractivity contribution in [3.05, 3.63) is 84.6 Å². The third kappa shape index (κ3) is 6.02. The van der Waals surface area contributed by atoms with Crippen LogP contribution in [-0.2, 0) is 9.22 Å². The minimum atomic E-state index is -4.90. The van der Waals surface area contributed by atoms with Gasteiger partial charge in [0.05, 0.1) is 0 Å². The van der Waals surface area contributed by atoms with Crippen LogP contribution in [-0.4, -0.2) is 37.8 Å². The van der Waals surface area contributed by atoms with Gasteiger partial charge >= 0.3 is 6.36 Å². The smallest absolute Gasteiger partial charge is 0.404 e. The van der Waals surface area contributed by atoms with Crippen molar-refractivity contribution in [1.29, 1.82) is 0 Å². The molecule has 0 spiro atoms. The monoisotopic (exact) mass is 612 g/mol. The molecule has 2 aliphatic carbocycles. The van der Waals surface area contributed by atoms with Crippen LogP contribution < -0.4 is 20.8 Å². The molecule has 1 aromatic heterocycles. The van der Waals surface area contributed by atoms with Gasteiger partial charge in [-0.15, -0.1) is 24.9 Å². The Morgan fingerprint density at radius 1 is 1.00 bits per heavy atom. The van der Waals surface area contributed by atoms with Crippen LogP contribution in [0.15, 0.2) is 79.0 Å². The lowest BCUT2D eigenvalue weighted by Crippen LogP contribution is -2.67. The van der Waals surface area contributed by atoms with Crippen LogP contribution in [0.1, 0.15) is 39.2 Å². The van der Waals surface area contributed by atoms with Crippen molar-refractivity contribution >= 4 is 47.0 Å². The Morgan fingerprint density at radius 3 is 2.02 bits per heavy atom. The highest BCUT2D eigenvalue weighted by atomic mass is 32.2. The Morgan fingerprint density at radius 2 is 1.55 bits per heavy atom. The average Bonchev–Trinajstić information content (AvgIpc) is 3.45. The summed E-state index contributed by atoms with van der Waals surface area (Å²) in [6.45, 7) is 6.77. The highest BCUT2D eigenvalue weighted by molar-refractivity contribution is 8.07. The molecule has 2 aromatic carbocycles. The summed E-state index contributed by atoms with van der Waals surface area (Å²) in [7, 11) is -2.69. The summed E-state index contributed by atoms with van der Waals surface area (Å²) in [5, 5.41) is 2.33. The molecule has 0 saturated heterocycles. The molecule has 2 N–H and O–H groups in total. The molecule has 42 heavy (non-hydrogen) atoms.